The number of piperazine rings is 1. The Kier molecular flexibility index (Phi) is 6.05. The first-order chi connectivity index (χ1) is 15.9. The summed E-state index contributed by atoms with van der Waals surface area (Å²) < 4.78 is 25.8. The molecule has 0 bridgehead atoms. The van der Waals surface area contributed by atoms with Crippen molar-refractivity contribution in [2.45, 2.75) is 31.2 Å². The van der Waals surface area contributed by atoms with Crippen molar-refractivity contribution in [3.8, 4) is 0 Å². The summed E-state index contributed by atoms with van der Waals surface area (Å²) >= 11 is 0. The number of anilines is 2. The van der Waals surface area contributed by atoms with Gasteiger partial charge in [0, 0.05) is 62.8 Å². The molecule has 2 aromatic heterocycles. The van der Waals surface area contributed by atoms with Gasteiger partial charge in [-0.25, -0.2) is 13.4 Å². The monoisotopic (exact) mass is 467 g/mol. The Morgan fingerprint density at radius 1 is 0.848 bits per heavy atom. The number of hydrogen-bond acceptors (Lipinski definition) is 6. The number of benzene rings is 1. The molecule has 0 spiro atoms. The van der Waals surface area contributed by atoms with Crippen LogP contribution in [0.25, 0.3) is 11.0 Å². The van der Waals surface area contributed by atoms with E-state index < -0.39 is 9.84 Å². The summed E-state index contributed by atoms with van der Waals surface area (Å²) in [5.74, 6) is 1.04. The largest absolute Gasteiger partial charge is 0.368 e. The summed E-state index contributed by atoms with van der Waals surface area (Å²) in [6, 6.07) is 11.6. The van der Waals surface area contributed by atoms with Gasteiger partial charge in [-0.15, -0.1) is 0 Å². The predicted molar refractivity (Wildman–Crippen MR) is 134 cm³/mol. The normalized spacial score (nSPS) is 17.9. The lowest BCUT2D eigenvalue weighted by Crippen LogP contribution is -2.46. The van der Waals surface area contributed by atoms with Crippen LogP contribution in [0.2, 0.25) is 0 Å². The van der Waals surface area contributed by atoms with Crippen LogP contribution < -0.4 is 9.80 Å². The molecule has 1 aromatic carbocycles. The Balaban J connectivity index is 1.27. The highest BCUT2D eigenvalue weighted by molar-refractivity contribution is 7.90. The van der Waals surface area contributed by atoms with Crippen LogP contribution in [0.5, 0.6) is 0 Å². The van der Waals surface area contributed by atoms with Crippen molar-refractivity contribution >= 4 is 32.4 Å². The molecule has 0 unspecified atom stereocenters. The number of rotatable bonds is 6. The first-order valence-corrected chi connectivity index (χ1v) is 13.8. The topological polar surface area (TPSA) is 61.7 Å². The van der Waals surface area contributed by atoms with E-state index in [-0.39, 0.29) is 0 Å². The van der Waals surface area contributed by atoms with Gasteiger partial charge in [0.2, 0.25) is 0 Å². The van der Waals surface area contributed by atoms with Gasteiger partial charge in [-0.05, 0) is 74.8 Å². The number of pyridine rings is 1. The molecule has 4 heterocycles. The average Bonchev–Trinajstić information content (AvgIpc) is 3.45. The van der Waals surface area contributed by atoms with Gasteiger partial charge in [-0.3, -0.25) is 0 Å². The minimum atomic E-state index is -3.16. The molecule has 0 saturated carbocycles. The molecule has 2 aliphatic rings. The van der Waals surface area contributed by atoms with Gasteiger partial charge < -0.3 is 19.3 Å². The van der Waals surface area contributed by atoms with Gasteiger partial charge in [-0.1, -0.05) is 0 Å². The zero-order chi connectivity index (χ0) is 23.0. The Hall–Kier alpha value is -2.58. The van der Waals surface area contributed by atoms with Crippen LogP contribution in [0.15, 0.2) is 47.5 Å². The lowest BCUT2D eigenvalue weighted by molar-refractivity contribution is 0.324. The van der Waals surface area contributed by atoms with Crippen molar-refractivity contribution in [3.63, 3.8) is 0 Å². The summed E-state index contributed by atoms with van der Waals surface area (Å²) in [4.78, 5) is 12.7. The quantitative estimate of drug-likeness (QED) is 0.555. The Morgan fingerprint density at radius 3 is 2.18 bits per heavy atom. The standard InChI is InChI=1S/C25H33N5O2S/c1-20-19-30(14-13-27-11-3-4-12-27)25-23(20)9-10-24(26-25)29-17-15-28(16-18-29)21-5-7-22(8-6-21)33(2,31)32/h5-10,19H,3-4,11-18H2,1-2H3. The maximum Gasteiger partial charge on any atom is 0.175 e. The Morgan fingerprint density at radius 2 is 1.52 bits per heavy atom. The zero-order valence-electron chi connectivity index (χ0n) is 19.6. The number of sulfone groups is 1. The molecule has 0 N–H and O–H groups in total. The first kappa shape index (κ1) is 22.2. The van der Waals surface area contributed by atoms with Crippen LogP contribution in [-0.4, -0.2) is 74.9 Å². The van der Waals surface area contributed by atoms with E-state index in [1.807, 2.05) is 12.1 Å². The van der Waals surface area contributed by atoms with Gasteiger partial charge in [0.15, 0.2) is 9.84 Å². The van der Waals surface area contributed by atoms with Crippen molar-refractivity contribution < 1.29 is 8.42 Å². The number of likely N-dealkylation sites (tertiary alicyclic amines) is 1. The molecule has 176 valence electrons. The molecule has 0 radical (unpaired) electrons. The first-order valence-electron chi connectivity index (χ1n) is 11.9. The number of fused-ring (bicyclic) bond motifs is 1. The van der Waals surface area contributed by atoms with Crippen LogP contribution in [0.1, 0.15) is 18.4 Å². The van der Waals surface area contributed by atoms with Crippen molar-refractivity contribution in [3.05, 3.63) is 48.2 Å². The van der Waals surface area contributed by atoms with Crippen LogP contribution in [0.4, 0.5) is 11.5 Å². The highest BCUT2D eigenvalue weighted by Crippen LogP contribution is 2.25. The van der Waals surface area contributed by atoms with Crippen LogP contribution in [0.3, 0.4) is 0 Å². The molecular formula is C25H33N5O2S. The minimum Gasteiger partial charge on any atom is -0.368 e. The highest BCUT2D eigenvalue weighted by Gasteiger charge is 2.20. The van der Waals surface area contributed by atoms with Crippen molar-refractivity contribution in [2.24, 2.45) is 0 Å². The predicted octanol–water partition coefficient (Wildman–Crippen LogP) is 3.17. The molecule has 5 rings (SSSR count). The Bertz CT molecular complexity index is 1220. The molecular weight excluding hydrogens is 434 g/mol. The van der Waals surface area contributed by atoms with E-state index in [1.165, 1.54) is 43.1 Å². The second kappa shape index (κ2) is 8.99. The maximum atomic E-state index is 11.7. The van der Waals surface area contributed by atoms with E-state index >= 15 is 0 Å². The van der Waals surface area contributed by atoms with E-state index in [0.717, 1.165) is 56.4 Å². The van der Waals surface area contributed by atoms with E-state index in [1.54, 1.807) is 12.1 Å². The van der Waals surface area contributed by atoms with Crippen molar-refractivity contribution in [2.75, 3.05) is 61.9 Å². The van der Waals surface area contributed by atoms with Gasteiger partial charge >= 0.3 is 0 Å². The fourth-order valence-corrected chi connectivity index (χ4v) is 5.66. The lowest BCUT2D eigenvalue weighted by Gasteiger charge is -2.36. The fraction of sp³-hybridized carbons (Fsp3) is 0.480. The molecule has 2 aliphatic heterocycles. The number of aromatic nitrogens is 2. The second-order valence-electron chi connectivity index (χ2n) is 9.34. The smallest absolute Gasteiger partial charge is 0.175 e. The third kappa shape index (κ3) is 4.73. The summed E-state index contributed by atoms with van der Waals surface area (Å²) in [7, 11) is -3.16. The van der Waals surface area contributed by atoms with Crippen LogP contribution in [-0.2, 0) is 16.4 Å². The van der Waals surface area contributed by atoms with Gasteiger partial charge in [-0.2, -0.15) is 0 Å². The Labute approximate surface area is 196 Å². The van der Waals surface area contributed by atoms with Crippen LogP contribution in [0, 0.1) is 6.92 Å². The maximum absolute atomic E-state index is 11.7. The molecule has 0 atom stereocenters. The van der Waals surface area contributed by atoms with Crippen LogP contribution >= 0.6 is 0 Å². The van der Waals surface area contributed by atoms with E-state index in [4.69, 9.17) is 4.98 Å². The second-order valence-corrected chi connectivity index (χ2v) is 11.4. The summed E-state index contributed by atoms with van der Waals surface area (Å²) in [6.07, 6.45) is 6.13. The molecule has 0 amide bonds. The number of nitrogens with zero attached hydrogens (tertiary/aromatic N) is 5. The molecule has 8 heteroatoms. The molecule has 7 nitrogen and oxygen atoms in total. The SMILES string of the molecule is Cc1cn(CCN2CCCC2)c2nc(N3CCN(c4ccc(S(C)(=O)=O)cc4)CC3)ccc12. The van der Waals surface area contributed by atoms with Gasteiger partial charge in [0.25, 0.3) is 0 Å². The van der Waals surface area contributed by atoms with Gasteiger partial charge in [0.1, 0.15) is 11.5 Å². The average molecular weight is 468 g/mol. The van der Waals surface area contributed by atoms with Crippen molar-refractivity contribution in [1.29, 1.82) is 0 Å². The number of hydrogen-bond donors (Lipinski definition) is 0. The zero-order valence-corrected chi connectivity index (χ0v) is 20.4. The summed E-state index contributed by atoms with van der Waals surface area (Å²) in [5, 5.41) is 1.24. The van der Waals surface area contributed by atoms with E-state index in [0.29, 0.717) is 4.90 Å². The molecule has 33 heavy (non-hydrogen) atoms. The third-order valence-corrected chi connectivity index (χ3v) is 8.12. The van der Waals surface area contributed by atoms with E-state index in [9.17, 15) is 8.42 Å². The van der Waals surface area contributed by atoms with E-state index in [2.05, 4.69) is 44.5 Å². The minimum absolute atomic E-state index is 0.366. The summed E-state index contributed by atoms with van der Waals surface area (Å²) in [6.45, 7) is 10.2. The molecule has 2 fully saturated rings. The fourth-order valence-electron chi connectivity index (χ4n) is 5.03. The molecule has 0 aliphatic carbocycles. The van der Waals surface area contributed by atoms with Crippen molar-refractivity contribution in [1.82, 2.24) is 14.5 Å². The highest BCUT2D eigenvalue weighted by atomic mass is 32.2. The lowest BCUT2D eigenvalue weighted by atomic mass is 10.2. The number of aryl methyl sites for hydroxylation is 1. The van der Waals surface area contributed by atoms with Gasteiger partial charge in [0.05, 0.1) is 4.90 Å². The summed E-state index contributed by atoms with van der Waals surface area (Å²) in [5.41, 5.74) is 3.44. The molecule has 2 saturated heterocycles. The molecule has 3 aromatic rings. The third-order valence-electron chi connectivity index (χ3n) is 7.00.